The van der Waals surface area contributed by atoms with Crippen molar-refractivity contribution in [3.63, 3.8) is 0 Å². The summed E-state index contributed by atoms with van der Waals surface area (Å²) >= 11 is 2.83. The number of thioether (sulfide) groups is 2. The van der Waals surface area contributed by atoms with Gasteiger partial charge in [-0.3, -0.25) is 4.79 Å². The van der Waals surface area contributed by atoms with Crippen LogP contribution in [0, 0.1) is 12.7 Å². The van der Waals surface area contributed by atoms with E-state index in [-0.39, 0.29) is 22.9 Å². The molecule has 8 heteroatoms. The molecule has 2 aromatic rings. The highest BCUT2D eigenvalue weighted by Gasteiger charge is 2.32. The van der Waals surface area contributed by atoms with Gasteiger partial charge in [-0.05, 0) is 13.0 Å². The van der Waals surface area contributed by atoms with Crippen molar-refractivity contribution in [3.05, 3.63) is 47.4 Å². The van der Waals surface area contributed by atoms with Crippen molar-refractivity contribution < 1.29 is 9.18 Å². The number of amides is 1. The molecule has 1 fully saturated rings. The maximum Gasteiger partial charge on any atom is 0.234 e. The van der Waals surface area contributed by atoms with E-state index in [9.17, 15) is 9.18 Å². The molecule has 1 aliphatic rings. The number of benzene rings is 1. The molecule has 5 nitrogen and oxygen atoms in total. The maximum atomic E-state index is 14.0. The highest BCUT2D eigenvalue weighted by molar-refractivity contribution is 8.00. The number of hydrogen-bond acceptors (Lipinski definition) is 6. The Morgan fingerprint density at radius 3 is 3.00 bits per heavy atom. The number of carbonyl (C=O) groups is 1. The Bertz CT molecular complexity index is 738. The van der Waals surface area contributed by atoms with Gasteiger partial charge in [-0.15, -0.1) is 11.8 Å². The first kappa shape index (κ1) is 17.0. The summed E-state index contributed by atoms with van der Waals surface area (Å²) < 4.78 is 14.0. The Kier molecular flexibility index (Phi) is 5.25. The third-order valence-corrected chi connectivity index (χ3v) is 5.64. The molecule has 1 amide bonds. The average Bonchev–Trinajstić information content (AvgIpc) is 3.01. The van der Waals surface area contributed by atoms with Crippen molar-refractivity contribution in [2.24, 2.45) is 0 Å². The van der Waals surface area contributed by atoms with Gasteiger partial charge in [0.05, 0.1) is 5.75 Å². The zero-order valence-corrected chi connectivity index (χ0v) is 14.7. The number of anilines is 1. The predicted octanol–water partition coefficient (Wildman–Crippen LogP) is 2.87. The number of nitrogen functional groups attached to an aromatic ring is 1. The van der Waals surface area contributed by atoms with Crippen LogP contribution >= 0.6 is 23.5 Å². The summed E-state index contributed by atoms with van der Waals surface area (Å²) in [6, 6.07) is 8.28. The van der Waals surface area contributed by atoms with E-state index in [1.165, 1.54) is 17.8 Å². The summed E-state index contributed by atoms with van der Waals surface area (Å²) in [7, 11) is 0. The van der Waals surface area contributed by atoms with Gasteiger partial charge < -0.3 is 10.6 Å². The molecule has 1 aliphatic heterocycles. The van der Waals surface area contributed by atoms with Gasteiger partial charge in [-0.25, -0.2) is 14.4 Å². The van der Waals surface area contributed by atoms with E-state index >= 15 is 0 Å². The van der Waals surface area contributed by atoms with Crippen molar-refractivity contribution in [1.29, 1.82) is 0 Å². The number of nitrogens with zero attached hydrogens (tertiary/aromatic N) is 3. The number of carbonyl (C=O) groups excluding carboxylic acids is 1. The Hall–Kier alpha value is -1.80. The lowest BCUT2D eigenvalue weighted by Gasteiger charge is -2.24. The van der Waals surface area contributed by atoms with Crippen LogP contribution in [-0.2, 0) is 4.79 Å². The first-order valence-electron chi connectivity index (χ1n) is 7.44. The smallest absolute Gasteiger partial charge is 0.234 e. The molecule has 1 atom stereocenters. The summed E-state index contributed by atoms with van der Waals surface area (Å²) in [6.45, 7) is 2.44. The molecule has 1 aromatic carbocycles. The largest absolute Gasteiger partial charge is 0.384 e. The van der Waals surface area contributed by atoms with E-state index in [2.05, 4.69) is 9.97 Å². The second-order valence-corrected chi connectivity index (χ2v) is 7.47. The van der Waals surface area contributed by atoms with Crippen LogP contribution in [0.1, 0.15) is 16.6 Å². The molecular weight excluding hydrogens is 347 g/mol. The molecule has 0 spiro atoms. The predicted molar refractivity (Wildman–Crippen MR) is 95.2 cm³/mol. The SMILES string of the molecule is Cc1cc(N)nc(SCC(=O)N2CCS[C@@H]2c2ccccc2F)n1. The van der Waals surface area contributed by atoms with Crippen molar-refractivity contribution in [3.8, 4) is 0 Å². The molecule has 1 aromatic heterocycles. The van der Waals surface area contributed by atoms with Crippen molar-refractivity contribution in [1.82, 2.24) is 14.9 Å². The first-order valence-corrected chi connectivity index (χ1v) is 9.47. The summed E-state index contributed by atoms with van der Waals surface area (Å²) in [4.78, 5) is 22.7. The van der Waals surface area contributed by atoms with Crippen LogP contribution in [0.15, 0.2) is 35.5 Å². The summed E-state index contributed by atoms with van der Waals surface area (Å²) in [6.07, 6.45) is 0. The number of aryl methyl sites for hydroxylation is 1. The minimum atomic E-state index is -0.280. The molecule has 1 saturated heterocycles. The highest BCUT2D eigenvalue weighted by Crippen LogP contribution is 2.39. The zero-order valence-electron chi connectivity index (χ0n) is 13.1. The highest BCUT2D eigenvalue weighted by atomic mass is 32.2. The van der Waals surface area contributed by atoms with Gasteiger partial charge in [0.2, 0.25) is 5.91 Å². The maximum absolute atomic E-state index is 14.0. The third kappa shape index (κ3) is 3.81. The van der Waals surface area contributed by atoms with Crippen LogP contribution in [-0.4, -0.2) is 38.8 Å². The van der Waals surface area contributed by atoms with Gasteiger partial charge >= 0.3 is 0 Å². The molecule has 0 bridgehead atoms. The van der Waals surface area contributed by atoms with Crippen molar-refractivity contribution in [2.45, 2.75) is 17.5 Å². The van der Waals surface area contributed by atoms with E-state index in [1.807, 2.05) is 6.92 Å². The second kappa shape index (κ2) is 7.40. The minimum Gasteiger partial charge on any atom is -0.384 e. The van der Waals surface area contributed by atoms with E-state index in [4.69, 9.17) is 5.73 Å². The van der Waals surface area contributed by atoms with E-state index in [1.54, 1.807) is 40.9 Å². The normalized spacial score (nSPS) is 17.2. The molecule has 126 valence electrons. The van der Waals surface area contributed by atoms with E-state index in [0.29, 0.717) is 23.1 Å². The lowest BCUT2D eigenvalue weighted by atomic mass is 10.2. The standard InChI is InChI=1S/C16H17FN4OS2/c1-10-8-13(18)20-16(19-10)24-9-14(22)21-6-7-23-15(21)11-4-2-3-5-12(11)17/h2-5,8,15H,6-7,9H2,1H3,(H2,18,19,20)/t15-/m1/s1. The fraction of sp³-hybridized carbons (Fsp3) is 0.312. The number of aromatic nitrogens is 2. The third-order valence-electron chi connectivity index (χ3n) is 3.56. The van der Waals surface area contributed by atoms with Gasteiger partial charge in [0, 0.05) is 29.6 Å². The molecular formula is C16H17FN4OS2. The van der Waals surface area contributed by atoms with Crippen molar-refractivity contribution >= 4 is 35.2 Å². The molecule has 0 radical (unpaired) electrons. The molecule has 0 unspecified atom stereocenters. The van der Waals surface area contributed by atoms with Crippen LogP contribution in [0.4, 0.5) is 10.2 Å². The number of nitrogens with two attached hydrogens (primary N) is 1. The molecule has 3 rings (SSSR count). The lowest BCUT2D eigenvalue weighted by Crippen LogP contribution is -2.32. The van der Waals surface area contributed by atoms with Crippen LogP contribution < -0.4 is 5.73 Å². The molecule has 0 saturated carbocycles. The second-order valence-electron chi connectivity index (χ2n) is 5.34. The van der Waals surface area contributed by atoms with Gasteiger partial charge in [0.25, 0.3) is 0 Å². The number of hydrogen-bond donors (Lipinski definition) is 1. The van der Waals surface area contributed by atoms with Crippen LogP contribution in [0.3, 0.4) is 0 Å². The summed E-state index contributed by atoms with van der Waals surface area (Å²) in [5.74, 6) is 1.05. The fourth-order valence-corrected chi connectivity index (χ4v) is 4.59. The fourth-order valence-electron chi connectivity index (χ4n) is 2.50. The lowest BCUT2D eigenvalue weighted by molar-refractivity contribution is -0.128. The van der Waals surface area contributed by atoms with Gasteiger partial charge in [-0.2, -0.15) is 0 Å². The Balaban J connectivity index is 1.69. The van der Waals surface area contributed by atoms with Crippen LogP contribution in [0.5, 0.6) is 0 Å². The van der Waals surface area contributed by atoms with Gasteiger partial charge in [0.1, 0.15) is 17.0 Å². The monoisotopic (exact) mass is 364 g/mol. The Morgan fingerprint density at radius 2 is 2.25 bits per heavy atom. The van der Waals surface area contributed by atoms with Crippen LogP contribution in [0.25, 0.3) is 0 Å². The van der Waals surface area contributed by atoms with E-state index < -0.39 is 0 Å². The number of halogens is 1. The van der Waals surface area contributed by atoms with Gasteiger partial charge in [0.15, 0.2) is 5.16 Å². The molecule has 0 aliphatic carbocycles. The molecule has 24 heavy (non-hydrogen) atoms. The average molecular weight is 364 g/mol. The minimum absolute atomic E-state index is 0.0538. The zero-order chi connectivity index (χ0) is 17.1. The van der Waals surface area contributed by atoms with E-state index in [0.717, 1.165) is 11.4 Å². The summed E-state index contributed by atoms with van der Waals surface area (Å²) in [5, 5.41) is 0.206. The first-order chi connectivity index (χ1) is 11.5. The van der Waals surface area contributed by atoms with Crippen LogP contribution in [0.2, 0.25) is 0 Å². The summed E-state index contributed by atoms with van der Waals surface area (Å²) in [5.41, 5.74) is 7.01. The topological polar surface area (TPSA) is 72.1 Å². The number of rotatable bonds is 4. The quantitative estimate of drug-likeness (QED) is 0.664. The van der Waals surface area contributed by atoms with Crippen molar-refractivity contribution in [2.75, 3.05) is 23.8 Å². The molecule has 2 N–H and O–H groups in total. The molecule has 2 heterocycles. The van der Waals surface area contributed by atoms with Gasteiger partial charge in [-0.1, -0.05) is 30.0 Å². The Labute approximate surface area is 148 Å². The Morgan fingerprint density at radius 1 is 1.46 bits per heavy atom.